The van der Waals surface area contributed by atoms with Crippen LogP contribution >= 0.6 is 0 Å². The van der Waals surface area contributed by atoms with Gasteiger partial charge in [-0.1, -0.05) is 200 Å². The number of aryl methyl sites for hydroxylation is 2. The SMILES string of the molecule is Cc1ccc(Cc2ccc(N(c3ccc(C4(c5ccc(N(c6ccc(Cc7ccc(C)cc7)cc6)c6cccc7ccccc67)cc5)CCCCC4)cc3)c3cccc4ccccc34)cc2)cc1. The van der Waals surface area contributed by atoms with E-state index in [0.29, 0.717) is 0 Å². The second kappa shape index (κ2) is 18.9. The molecule has 0 aromatic heterocycles. The number of fused-ring (bicyclic) bond motifs is 2. The molecular weight excluding hydrogens is 821 g/mol. The van der Waals surface area contributed by atoms with Gasteiger partial charge in [-0.15, -0.1) is 0 Å². The van der Waals surface area contributed by atoms with Crippen LogP contribution in [0.5, 0.6) is 0 Å². The minimum absolute atomic E-state index is 0.0703. The zero-order valence-corrected chi connectivity index (χ0v) is 39.3. The summed E-state index contributed by atoms with van der Waals surface area (Å²) < 4.78 is 0. The highest BCUT2D eigenvalue weighted by atomic mass is 15.1. The van der Waals surface area contributed by atoms with Gasteiger partial charge >= 0.3 is 0 Å². The summed E-state index contributed by atoms with van der Waals surface area (Å²) in [6.07, 6.45) is 7.82. The summed E-state index contributed by atoms with van der Waals surface area (Å²) >= 11 is 0. The van der Waals surface area contributed by atoms with Gasteiger partial charge in [-0.25, -0.2) is 0 Å². The van der Waals surface area contributed by atoms with Crippen LogP contribution < -0.4 is 9.80 Å². The Balaban J connectivity index is 0.940. The maximum Gasteiger partial charge on any atom is 0.0540 e. The smallest absolute Gasteiger partial charge is 0.0540 e. The lowest BCUT2D eigenvalue weighted by atomic mass is 9.65. The second-order valence-corrected chi connectivity index (χ2v) is 19.1. The Labute approximate surface area is 402 Å². The molecule has 1 fully saturated rings. The average molecular weight is 879 g/mol. The molecule has 2 nitrogen and oxygen atoms in total. The number of rotatable bonds is 12. The first kappa shape index (κ1) is 42.9. The van der Waals surface area contributed by atoms with E-state index >= 15 is 0 Å². The number of nitrogens with zero attached hydrogens (tertiary/aromatic N) is 2. The Hall–Kier alpha value is -7.68. The van der Waals surface area contributed by atoms with Crippen LogP contribution in [0.3, 0.4) is 0 Å². The van der Waals surface area contributed by atoms with E-state index in [0.717, 1.165) is 48.4 Å². The van der Waals surface area contributed by atoms with Crippen LogP contribution in [0, 0.1) is 13.8 Å². The van der Waals surface area contributed by atoms with Gasteiger partial charge in [-0.05, 0) is 144 Å². The summed E-state index contributed by atoms with van der Waals surface area (Å²) in [7, 11) is 0. The summed E-state index contributed by atoms with van der Waals surface area (Å²) in [5.41, 5.74) is 17.6. The van der Waals surface area contributed by atoms with Gasteiger partial charge in [0.05, 0.1) is 11.4 Å². The topological polar surface area (TPSA) is 6.48 Å². The number of hydrogen-bond acceptors (Lipinski definition) is 2. The number of benzene rings is 10. The summed E-state index contributed by atoms with van der Waals surface area (Å²) in [5, 5.41) is 4.95. The minimum Gasteiger partial charge on any atom is -0.310 e. The molecule has 0 N–H and O–H groups in total. The minimum atomic E-state index is -0.0703. The molecule has 1 aliphatic carbocycles. The molecule has 11 rings (SSSR count). The molecule has 0 atom stereocenters. The van der Waals surface area contributed by atoms with Crippen molar-refractivity contribution >= 4 is 55.7 Å². The van der Waals surface area contributed by atoms with Gasteiger partial charge in [-0.3, -0.25) is 0 Å². The molecule has 0 radical (unpaired) electrons. The third-order valence-corrected chi connectivity index (χ3v) is 14.5. The van der Waals surface area contributed by atoms with E-state index in [4.69, 9.17) is 0 Å². The van der Waals surface area contributed by atoms with Gasteiger partial charge in [0.15, 0.2) is 0 Å². The Morgan fingerprint density at radius 2 is 0.647 bits per heavy atom. The van der Waals surface area contributed by atoms with Crippen molar-refractivity contribution < 1.29 is 0 Å². The highest BCUT2D eigenvalue weighted by Gasteiger charge is 2.36. The van der Waals surface area contributed by atoms with Gasteiger partial charge in [-0.2, -0.15) is 0 Å². The molecule has 0 amide bonds. The van der Waals surface area contributed by atoms with Crippen LogP contribution in [0.2, 0.25) is 0 Å². The Bertz CT molecular complexity index is 3060. The van der Waals surface area contributed by atoms with Gasteiger partial charge in [0.25, 0.3) is 0 Å². The molecule has 332 valence electrons. The van der Waals surface area contributed by atoms with Crippen molar-refractivity contribution in [1.82, 2.24) is 0 Å². The Kier molecular flexibility index (Phi) is 11.9. The van der Waals surface area contributed by atoms with Crippen LogP contribution in [-0.2, 0) is 18.3 Å². The molecule has 0 unspecified atom stereocenters. The lowest BCUT2D eigenvalue weighted by Crippen LogP contribution is -2.30. The van der Waals surface area contributed by atoms with Gasteiger partial charge in [0.1, 0.15) is 0 Å². The maximum atomic E-state index is 2.45. The second-order valence-electron chi connectivity index (χ2n) is 19.1. The van der Waals surface area contributed by atoms with Crippen molar-refractivity contribution in [2.45, 2.75) is 64.2 Å². The Morgan fingerprint density at radius 1 is 0.324 bits per heavy atom. The summed E-state index contributed by atoms with van der Waals surface area (Å²) in [5.74, 6) is 0. The quantitative estimate of drug-likeness (QED) is 0.121. The molecular formula is C66H58N2. The lowest BCUT2D eigenvalue weighted by Gasteiger charge is -2.39. The van der Waals surface area contributed by atoms with Crippen molar-refractivity contribution in [3.8, 4) is 0 Å². The third-order valence-electron chi connectivity index (χ3n) is 14.5. The molecule has 0 bridgehead atoms. The van der Waals surface area contributed by atoms with Crippen molar-refractivity contribution in [2.75, 3.05) is 9.80 Å². The molecule has 1 aliphatic rings. The number of hydrogen-bond donors (Lipinski definition) is 0. The molecule has 10 aromatic rings. The normalized spacial score (nSPS) is 13.4. The van der Waals surface area contributed by atoms with Gasteiger partial charge in [0, 0.05) is 38.9 Å². The van der Waals surface area contributed by atoms with E-state index in [2.05, 4.69) is 254 Å². The predicted molar refractivity (Wildman–Crippen MR) is 289 cm³/mol. The lowest BCUT2D eigenvalue weighted by molar-refractivity contribution is 0.346. The first-order valence-electron chi connectivity index (χ1n) is 24.5. The van der Waals surface area contributed by atoms with E-state index in [1.807, 2.05) is 0 Å². The molecule has 0 aliphatic heterocycles. The van der Waals surface area contributed by atoms with E-state index in [1.54, 1.807) is 0 Å². The Morgan fingerprint density at radius 3 is 1.03 bits per heavy atom. The highest BCUT2D eigenvalue weighted by molar-refractivity contribution is 6.00. The zero-order valence-electron chi connectivity index (χ0n) is 39.3. The standard InChI is InChI=1S/C66H58N2/c1-48-20-24-50(25-21-48)46-52-28-36-58(37-29-52)67(64-18-10-14-54-12-4-6-16-62(54)64)60-40-32-56(33-41-60)66(44-8-3-9-45-66)57-34-42-61(43-35-57)68(65-19-11-15-55-13-5-7-17-63(55)65)59-38-30-53(31-39-59)47-51-26-22-49(2)23-27-51/h4-7,10-43H,3,8-9,44-47H2,1-2H3. The van der Waals surface area contributed by atoms with Crippen molar-refractivity contribution in [1.29, 1.82) is 0 Å². The van der Waals surface area contributed by atoms with Gasteiger partial charge < -0.3 is 9.80 Å². The largest absolute Gasteiger partial charge is 0.310 e. The van der Waals surface area contributed by atoms with Crippen molar-refractivity contribution in [3.05, 3.63) is 275 Å². The monoisotopic (exact) mass is 878 g/mol. The van der Waals surface area contributed by atoms with Crippen molar-refractivity contribution in [3.63, 3.8) is 0 Å². The fourth-order valence-corrected chi connectivity index (χ4v) is 10.8. The first-order chi connectivity index (χ1) is 33.5. The summed E-state index contributed by atoms with van der Waals surface area (Å²) in [6, 6.07) is 86.2. The fourth-order valence-electron chi connectivity index (χ4n) is 10.8. The van der Waals surface area contributed by atoms with Crippen LogP contribution in [0.15, 0.2) is 231 Å². The summed E-state index contributed by atoms with van der Waals surface area (Å²) in [4.78, 5) is 4.89. The van der Waals surface area contributed by atoms with Crippen LogP contribution in [0.25, 0.3) is 21.5 Å². The maximum absolute atomic E-state index is 2.45. The van der Waals surface area contributed by atoms with E-state index in [9.17, 15) is 0 Å². The molecule has 68 heavy (non-hydrogen) atoms. The van der Waals surface area contributed by atoms with Crippen molar-refractivity contribution in [2.24, 2.45) is 0 Å². The zero-order chi connectivity index (χ0) is 45.9. The molecule has 2 heteroatoms. The molecule has 0 heterocycles. The molecule has 1 saturated carbocycles. The fraction of sp³-hybridized carbons (Fsp3) is 0.152. The van der Waals surface area contributed by atoms with Crippen LogP contribution in [-0.4, -0.2) is 0 Å². The molecule has 0 spiro atoms. The van der Waals surface area contributed by atoms with E-state index in [-0.39, 0.29) is 5.41 Å². The van der Waals surface area contributed by atoms with Crippen LogP contribution in [0.4, 0.5) is 34.1 Å². The molecule has 10 aromatic carbocycles. The van der Waals surface area contributed by atoms with E-state index in [1.165, 1.54) is 96.7 Å². The first-order valence-corrected chi connectivity index (χ1v) is 24.5. The number of anilines is 6. The van der Waals surface area contributed by atoms with E-state index < -0.39 is 0 Å². The van der Waals surface area contributed by atoms with Crippen LogP contribution in [0.1, 0.15) is 76.6 Å². The molecule has 0 saturated heterocycles. The predicted octanol–water partition coefficient (Wildman–Crippen LogP) is 18.0. The average Bonchev–Trinajstić information content (AvgIpc) is 3.39. The highest BCUT2D eigenvalue weighted by Crippen LogP contribution is 2.48. The van der Waals surface area contributed by atoms with Gasteiger partial charge in [0.2, 0.25) is 0 Å². The third kappa shape index (κ3) is 8.71. The summed E-state index contributed by atoms with van der Waals surface area (Å²) in [6.45, 7) is 4.30.